The van der Waals surface area contributed by atoms with Crippen molar-refractivity contribution in [1.29, 1.82) is 0 Å². The summed E-state index contributed by atoms with van der Waals surface area (Å²) in [5.41, 5.74) is 3.78. The highest BCUT2D eigenvalue weighted by atomic mass is 16.5. The molecular weight excluding hydrogens is 354 g/mol. The van der Waals surface area contributed by atoms with Crippen molar-refractivity contribution >= 4 is 23.5 Å². The molecule has 2 aromatic carbocycles. The average molecular weight is 377 g/mol. The Balaban J connectivity index is 2.07. The van der Waals surface area contributed by atoms with Crippen LogP contribution in [0.3, 0.4) is 0 Å². The van der Waals surface area contributed by atoms with E-state index in [0.717, 1.165) is 22.6 Å². The summed E-state index contributed by atoms with van der Waals surface area (Å²) >= 11 is 0. The van der Waals surface area contributed by atoms with Gasteiger partial charge in [-0.2, -0.15) is 0 Å². The fourth-order valence-electron chi connectivity index (χ4n) is 3.17. The molecule has 0 saturated heterocycles. The van der Waals surface area contributed by atoms with Crippen LogP contribution in [0.25, 0.3) is 6.08 Å². The minimum absolute atomic E-state index is 0.0558. The monoisotopic (exact) mass is 377 g/mol. The summed E-state index contributed by atoms with van der Waals surface area (Å²) in [5, 5.41) is 0. The fraction of sp³-hybridized carbons (Fsp3) is 0.217. The number of esters is 1. The van der Waals surface area contributed by atoms with Gasteiger partial charge in [0.1, 0.15) is 11.3 Å². The number of hydrogen-bond acceptors (Lipinski definition) is 5. The predicted molar refractivity (Wildman–Crippen MR) is 109 cm³/mol. The Hall–Kier alpha value is -3.34. The highest BCUT2D eigenvalue weighted by molar-refractivity contribution is 6.30. The molecule has 1 aliphatic rings. The number of carbonyl (C=O) groups excluding carboxylic acids is 2. The molecule has 3 rings (SSSR count). The maximum absolute atomic E-state index is 13.0. The molecule has 0 spiro atoms. The van der Waals surface area contributed by atoms with Crippen molar-refractivity contribution in [2.45, 2.75) is 20.8 Å². The van der Waals surface area contributed by atoms with E-state index in [1.165, 1.54) is 7.11 Å². The minimum Gasteiger partial charge on any atom is -0.494 e. The number of anilines is 1. The first-order valence-electron chi connectivity index (χ1n) is 9.11. The SMILES string of the molecule is CCOc1ccc(/C=C2\C(=O)C(C(=O)OC)=C(C)N2c2ccc(C)cc2)cc1. The quantitative estimate of drug-likeness (QED) is 0.442. The Morgan fingerprint density at radius 3 is 2.25 bits per heavy atom. The summed E-state index contributed by atoms with van der Waals surface area (Å²) in [4.78, 5) is 27.1. The molecule has 0 N–H and O–H groups in total. The molecule has 0 unspecified atom stereocenters. The number of aryl methyl sites for hydroxylation is 1. The molecule has 0 aromatic heterocycles. The molecule has 144 valence electrons. The van der Waals surface area contributed by atoms with Gasteiger partial charge in [0.05, 0.1) is 19.4 Å². The smallest absolute Gasteiger partial charge is 0.343 e. The van der Waals surface area contributed by atoms with E-state index in [1.807, 2.05) is 62.4 Å². The molecule has 1 aliphatic heterocycles. The molecule has 5 nitrogen and oxygen atoms in total. The maximum Gasteiger partial charge on any atom is 0.343 e. The van der Waals surface area contributed by atoms with Gasteiger partial charge >= 0.3 is 5.97 Å². The van der Waals surface area contributed by atoms with E-state index in [-0.39, 0.29) is 11.4 Å². The third-order valence-corrected chi connectivity index (χ3v) is 4.57. The van der Waals surface area contributed by atoms with Crippen LogP contribution in [-0.4, -0.2) is 25.5 Å². The van der Waals surface area contributed by atoms with Crippen LogP contribution in [-0.2, 0) is 14.3 Å². The lowest BCUT2D eigenvalue weighted by molar-refractivity contribution is -0.137. The maximum atomic E-state index is 13.0. The van der Waals surface area contributed by atoms with Crippen molar-refractivity contribution in [1.82, 2.24) is 0 Å². The van der Waals surface area contributed by atoms with Crippen molar-refractivity contribution in [3.8, 4) is 5.75 Å². The number of nitrogens with zero attached hydrogens (tertiary/aromatic N) is 1. The Morgan fingerprint density at radius 1 is 1.04 bits per heavy atom. The zero-order chi connectivity index (χ0) is 20.3. The molecule has 0 atom stereocenters. The van der Waals surface area contributed by atoms with Crippen molar-refractivity contribution in [2.75, 3.05) is 18.6 Å². The van der Waals surface area contributed by atoms with Gasteiger partial charge in [0.15, 0.2) is 0 Å². The fourth-order valence-corrected chi connectivity index (χ4v) is 3.17. The van der Waals surface area contributed by atoms with Crippen molar-refractivity contribution < 1.29 is 19.1 Å². The Bertz CT molecular complexity index is 953. The second kappa shape index (κ2) is 8.13. The van der Waals surface area contributed by atoms with Gasteiger partial charge in [-0.1, -0.05) is 29.8 Å². The zero-order valence-electron chi connectivity index (χ0n) is 16.5. The number of carbonyl (C=O) groups is 2. The van der Waals surface area contributed by atoms with E-state index in [4.69, 9.17) is 9.47 Å². The Labute approximate surface area is 164 Å². The third-order valence-electron chi connectivity index (χ3n) is 4.57. The minimum atomic E-state index is -0.630. The van der Waals surface area contributed by atoms with Crippen LogP contribution in [0.5, 0.6) is 5.75 Å². The molecule has 28 heavy (non-hydrogen) atoms. The van der Waals surface area contributed by atoms with Gasteiger partial charge in [0, 0.05) is 11.4 Å². The second-order valence-electron chi connectivity index (χ2n) is 6.48. The summed E-state index contributed by atoms with van der Waals surface area (Å²) in [5.74, 6) is -0.212. The van der Waals surface area contributed by atoms with Gasteiger partial charge in [-0.3, -0.25) is 4.79 Å². The van der Waals surface area contributed by atoms with Gasteiger partial charge in [-0.05, 0) is 56.7 Å². The summed E-state index contributed by atoms with van der Waals surface area (Å²) in [7, 11) is 1.28. The van der Waals surface area contributed by atoms with E-state index in [1.54, 1.807) is 17.9 Å². The number of ether oxygens (including phenoxy) is 2. The Morgan fingerprint density at radius 2 is 1.68 bits per heavy atom. The molecule has 2 aromatic rings. The largest absolute Gasteiger partial charge is 0.494 e. The summed E-state index contributed by atoms with van der Waals surface area (Å²) in [6.07, 6.45) is 1.78. The van der Waals surface area contributed by atoms with E-state index < -0.39 is 5.97 Å². The standard InChI is InChI=1S/C23H23NO4/c1-5-28-19-12-8-17(9-13-19)14-20-22(25)21(23(26)27-4)16(3)24(20)18-10-6-15(2)7-11-18/h6-14H,5H2,1-4H3/b20-14+. The average Bonchev–Trinajstić information content (AvgIpc) is 2.93. The topological polar surface area (TPSA) is 55.8 Å². The number of Topliss-reactive ketones (excluding diaryl/α,β-unsaturated/α-hetero) is 1. The second-order valence-corrected chi connectivity index (χ2v) is 6.48. The van der Waals surface area contributed by atoms with Crippen LogP contribution in [0.1, 0.15) is 25.0 Å². The van der Waals surface area contributed by atoms with Crippen molar-refractivity contribution in [3.05, 3.63) is 76.6 Å². The highest BCUT2D eigenvalue weighted by Crippen LogP contribution is 2.35. The number of rotatable bonds is 5. The summed E-state index contributed by atoms with van der Waals surface area (Å²) < 4.78 is 10.3. The molecule has 0 saturated carbocycles. The van der Waals surface area contributed by atoms with E-state index in [0.29, 0.717) is 18.0 Å². The summed E-state index contributed by atoms with van der Waals surface area (Å²) in [6, 6.07) is 15.3. The van der Waals surface area contributed by atoms with Crippen LogP contribution >= 0.6 is 0 Å². The number of ketones is 1. The molecule has 1 heterocycles. The first kappa shape index (κ1) is 19.4. The summed E-state index contributed by atoms with van der Waals surface area (Å²) in [6.45, 7) is 6.27. The molecule has 0 aliphatic carbocycles. The molecule has 0 radical (unpaired) electrons. The highest BCUT2D eigenvalue weighted by Gasteiger charge is 2.38. The van der Waals surface area contributed by atoms with E-state index in [2.05, 4.69) is 0 Å². The van der Waals surface area contributed by atoms with Crippen LogP contribution in [0.15, 0.2) is 65.5 Å². The van der Waals surface area contributed by atoms with E-state index >= 15 is 0 Å². The van der Waals surface area contributed by atoms with Gasteiger partial charge in [0.2, 0.25) is 5.78 Å². The van der Waals surface area contributed by atoms with Crippen LogP contribution in [0.2, 0.25) is 0 Å². The van der Waals surface area contributed by atoms with Gasteiger partial charge in [-0.25, -0.2) is 4.79 Å². The van der Waals surface area contributed by atoms with Gasteiger partial charge in [0.25, 0.3) is 0 Å². The Kier molecular flexibility index (Phi) is 5.64. The molecule has 0 bridgehead atoms. The lowest BCUT2D eigenvalue weighted by Crippen LogP contribution is -2.18. The molecular formula is C23H23NO4. The first-order chi connectivity index (χ1) is 13.5. The molecule has 0 fully saturated rings. The first-order valence-corrected chi connectivity index (χ1v) is 9.11. The van der Waals surface area contributed by atoms with Crippen molar-refractivity contribution in [3.63, 3.8) is 0 Å². The molecule has 5 heteroatoms. The van der Waals surface area contributed by atoms with Crippen LogP contribution < -0.4 is 9.64 Å². The lowest BCUT2D eigenvalue weighted by atomic mass is 10.1. The normalized spacial score (nSPS) is 15.4. The van der Waals surface area contributed by atoms with Crippen LogP contribution in [0.4, 0.5) is 5.69 Å². The number of methoxy groups -OCH3 is 1. The van der Waals surface area contributed by atoms with E-state index in [9.17, 15) is 9.59 Å². The number of allylic oxidation sites excluding steroid dienone is 2. The lowest BCUT2D eigenvalue weighted by Gasteiger charge is -2.21. The van der Waals surface area contributed by atoms with Crippen molar-refractivity contribution in [2.24, 2.45) is 0 Å². The molecule has 0 amide bonds. The number of hydrogen-bond donors (Lipinski definition) is 0. The van der Waals surface area contributed by atoms with Gasteiger partial charge in [-0.15, -0.1) is 0 Å². The third kappa shape index (κ3) is 3.69. The van der Waals surface area contributed by atoms with Gasteiger partial charge < -0.3 is 14.4 Å². The number of benzene rings is 2. The van der Waals surface area contributed by atoms with Crippen LogP contribution in [0, 0.1) is 6.92 Å². The zero-order valence-corrected chi connectivity index (χ0v) is 16.5. The predicted octanol–water partition coefficient (Wildman–Crippen LogP) is 4.27.